The number of carbonyl (C=O) groups is 3. The Morgan fingerprint density at radius 2 is 1.57 bits per heavy atom. The van der Waals surface area contributed by atoms with Crippen LogP contribution in [0.25, 0.3) is 0 Å². The molecule has 0 heterocycles. The number of ether oxygens (including phenoxy) is 1. The fraction of sp³-hybridized carbons (Fsp3) is 0.690. The Hall–Kier alpha value is -2.61. The fourth-order valence-electron chi connectivity index (χ4n) is 4.00. The van der Waals surface area contributed by atoms with Crippen LogP contribution in [0.3, 0.4) is 0 Å². The van der Waals surface area contributed by atoms with Gasteiger partial charge in [-0.1, -0.05) is 77.1 Å². The average molecular weight is 520 g/mol. The Morgan fingerprint density at radius 3 is 2.11 bits per heavy atom. The molecule has 0 aromatic heterocycles. The van der Waals surface area contributed by atoms with Gasteiger partial charge in [0.2, 0.25) is 11.8 Å². The quantitative estimate of drug-likeness (QED) is 0.270. The van der Waals surface area contributed by atoms with Gasteiger partial charge in [-0.05, 0) is 51.2 Å². The number of aryl methyl sites for hydroxylation is 1. The van der Waals surface area contributed by atoms with Crippen LogP contribution in [-0.2, 0) is 20.7 Å². The van der Waals surface area contributed by atoms with Gasteiger partial charge in [-0.15, -0.1) is 0 Å². The third kappa shape index (κ3) is 12.0. The SMILES string of the molecule is CCCCCCN(C(=O)C(CO)NC(=O)OC(C)(C)C)C(C(=O)NCCCCC)c1ccc(CC)cc1. The molecule has 0 radical (unpaired) electrons. The molecule has 0 bridgehead atoms. The molecule has 0 aliphatic heterocycles. The number of nitrogens with zero attached hydrogens (tertiary/aromatic N) is 1. The van der Waals surface area contributed by atoms with Gasteiger partial charge in [0.25, 0.3) is 0 Å². The Balaban J connectivity index is 3.33. The summed E-state index contributed by atoms with van der Waals surface area (Å²) in [5.41, 5.74) is 1.07. The standard InChI is InChI=1S/C29H49N3O5/c1-7-10-12-14-20-32(27(35)24(21-33)31-28(36)37-29(4,5)6)25(26(34)30-19-13-11-8-2)23-17-15-22(9-3)16-18-23/h15-18,24-25,33H,7-14,19-21H2,1-6H3,(H,30,34)(H,31,36). The van der Waals surface area contributed by atoms with E-state index in [0.717, 1.165) is 50.5 Å². The summed E-state index contributed by atoms with van der Waals surface area (Å²) < 4.78 is 5.30. The number of hydrogen-bond donors (Lipinski definition) is 3. The van der Waals surface area contributed by atoms with E-state index in [9.17, 15) is 19.5 Å². The third-order valence-corrected chi connectivity index (χ3v) is 6.05. The number of nitrogens with one attached hydrogen (secondary N) is 2. The Morgan fingerprint density at radius 1 is 0.946 bits per heavy atom. The summed E-state index contributed by atoms with van der Waals surface area (Å²) in [7, 11) is 0. The normalized spacial score (nSPS) is 12.9. The van der Waals surface area contributed by atoms with Crippen LogP contribution < -0.4 is 10.6 Å². The van der Waals surface area contributed by atoms with E-state index < -0.39 is 36.3 Å². The number of aliphatic hydroxyl groups excluding tert-OH is 1. The van der Waals surface area contributed by atoms with Gasteiger partial charge in [0.05, 0.1) is 6.61 Å². The molecule has 3 amide bonds. The number of carbonyl (C=O) groups excluding carboxylic acids is 3. The summed E-state index contributed by atoms with van der Waals surface area (Å²) in [5, 5.41) is 15.5. The van der Waals surface area contributed by atoms with Gasteiger partial charge in [-0.3, -0.25) is 9.59 Å². The lowest BCUT2D eigenvalue weighted by Gasteiger charge is -2.34. The van der Waals surface area contributed by atoms with Gasteiger partial charge in [0, 0.05) is 13.1 Å². The molecular weight excluding hydrogens is 470 g/mol. The van der Waals surface area contributed by atoms with Crippen molar-refractivity contribution in [3.63, 3.8) is 0 Å². The molecule has 0 saturated carbocycles. The van der Waals surface area contributed by atoms with Crippen LogP contribution in [0.4, 0.5) is 4.79 Å². The molecule has 0 fully saturated rings. The highest BCUT2D eigenvalue weighted by molar-refractivity contribution is 5.92. The topological polar surface area (TPSA) is 108 Å². The summed E-state index contributed by atoms with van der Waals surface area (Å²) in [6.07, 6.45) is 6.62. The second kappa shape index (κ2) is 17.0. The zero-order valence-electron chi connectivity index (χ0n) is 23.8. The highest BCUT2D eigenvalue weighted by atomic mass is 16.6. The minimum Gasteiger partial charge on any atom is -0.444 e. The Bertz CT molecular complexity index is 820. The van der Waals surface area contributed by atoms with Gasteiger partial charge in [0.1, 0.15) is 17.7 Å². The van der Waals surface area contributed by atoms with Gasteiger partial charge in [-0.2, -0.15) is 0 Å². The van der Waals surface area contributed by atoms with Crippen LogP contribution >= 0.6 is 0 Å². The zero-order chi connectivity index (χ0) is 27.8. The summed E-state index contributed by atoms with van der Waals surface area (Å²) in [6.45, 7) is 11.7. The maximum atomic E-state index is 13.8. The maximum absolute atomic E-state index is 13.8. The Kier molecular flexibility index (Phi) is 14.9. The zero-order valence-corrected chi connectivity index (χ0v) is 23.8. The first-order valence-electron chi connectivity index (χ1n) is 13.8. The number of unbranched alkanes of at least 4 members (excludes halogenated alkanes) is 5. The van der Waals surface area contributed by atoms with Crippen molar-refractivity contribution in [1.82, 2.24) is 15.5 Å². The summed E-state index contributed by atoms with van der Waals surface area (Å²) in [6, 6.07) is 5.60. The van der Waals surface area contributed by atoms with E-state index in [4.69, 9.17) is 4.74 Å². The van der Waals surface area contributed by atoms with Crippen LogP contribution in [0.5, 0.6) is 0 Å². The van der Waals surface area contributed by atoms with Crippen LogP contribution in [0.2, 0.25) is 0 Å². The lowest BCUT2D eigenvalue weighted by Crippen LogP contribution is -2.54. The van der Waals surface area contributed by atoms with E-state index in [2.05, 4.69) is 31.4 Å². The van der Waals surface area contributed by atoms with Crippen molar-refractivity contribution in [3.05, 3.63) is 35.4 Å². The van der Waals surface area contributed by atoms with Crippen molar-refractivity contribution in [2.75, 3.05) is 19.7 Å². The van der Waals surface area contributed by atoms with Crippen LogP contribution in [0.15, 0.2) is 24.3 Å². The van der Waals surface area contributed by atoms with Crippen molar-refractivity contribution in [3.8, 4) is 0 Å². The van der Waals surface area contributed by atoms with E-state index >= 15 is 0 Å². The number of benzene rings is 1. The van der Waals surface area contributed by atoms with E-state index in [1.165, 1.54) is 4.90 Å². The van der Waals surface area contributed by atoms with E-state index in [1.54, 1.807) is 20.8 Å². The fourth-order valence-corrected chi connectivity index (χ4v) is 4.00. The maximum Gasteiger partial charge on any atom is 0.408 e. The van der Waals surface area contributed by atoms with Crippen LogP contribution in [0, 0.1) is 0 Å². The number of aliphatic hydroxyl groups is 1. The van der Waals surface area contributed by atoms with Crippen molar-refractivity contribution in [2.45, 2.75) is 111 Å². The third-order valence-electron chi connectivity index (χ3n) is 6.05. The molecule has 0 spiro atoms. The summed E-state index contributed by atoms with van der Waals surface area (Å²) >= 11 is 0. The van der Waals surface area contributed by atoms with Crippen molar-refractivity contribution in [1.29, 1.82) is 0 Å². The molecule has 2 atom stereocenters. The van der Waals surface area contributed by atoms with E-state index in [1.807, 2.05) is 24.3 Å². The minimum atomic E-state index is -1.23. The van der Waals surface area contributed by atoms with E-state index in [0.29, 0.717) is 25.1 Å². The van der Waals surface area contributed by atoms with Gasteiger partial charge >= 0.3 is 6.09 Å². The highest BCUT2D eigenvalue weighted by Crippen LogP contribution is 2.24. The highest BCUT2D eigenvalue weighted by Gasteiger charge is 2.35. The summed E-state index contributed by atoms with van der Waals surface area (Å²) in [5.74, 6) is -0.781. The molecule has 2 unspecified atom stereocenters. The molecule has 0 saturated heterocycles. The van der Waals surface area contributed by atoms with Gasteiger partial charge < -0.3 is 25.4 Å². The largest absolute Gasteiger partial charge is 0.444 e. The molecule has 1 rings (SSSR count). The molecule has 37 heavy (non-hydrogen) atoms. The predicted molar refractivity (Wildman–Crippen MR) is 147 cm³/mol. The molecule has 1 aromatic carbocycles. The molecule has 0 aliphatic carbocycles. The molecular formula is C29H49N3O5. The second-order valence-corrected chi connectivity index (χ2v) is 10.5. The first-order valence-corrected chi connectivity index (χ1v) is 13.8. The smallest absolute Gasteiger partial charge is 0.408 e. The number of rotatable bonds is 16. The molecule has 3 N–H and O–H groups in total. The van der Waals surface area contributed by atoms with Crippen LogP contribution in [-0.4, -0.2) is 59.3 Å². The predicted octanol–water partition coefficient (Wildman–Crippen LogP) is 4.89. The van der Waals surface area contributed by atoms with Crippen molar-refractivity contribution in [2.24, 2.45) is 0 Å². The lowest BCUT2D eigenvalue weighted by atomic mass is 10.00. The lowest BCUT2D eigenvalue weighted by molar-refractivity contribution is -0.143. The average Bonchev–Trinajstić information content (AvgIpc) is 2.85. The Labute approximate surface area is 223 Å². The molecule has 210 valence electrons. The minimum absolute atomic E-state index is 0.266. The van der Waals surface area contributed by atoms with Gasteiger partial charge in [-0.25, -0.2) is 4.79 Å². The summed E-state index contributed by atoms with van der Waals surface area (Å²) in [4.78, 5) is 41.2. The van der Waals surface area contributed by atoms with Crippen molar-refractivity contribution >= 4 is 17.9 Å². The first kappa shape index (κ1) is 32.4. The van der Waals surface area contributed by atoms with Crippen LogP contribution in [0.1, 0.15) is 104 Å². The van der Waals surface area contributed by atoms with Gasteiger partial charge in [0.15, 0.2) is 0 Å². The first-order chi connectivity index (χ1) is 17.6. The molecule has 8 heteroatoms. The molecule has 8 nitrogen and oxygen atoms in total. The number of alkyl carbamates (subject to hydrolysis) is 1. The molecule has 0 aliphatic rings. The van der Waals surface area contributed by atoms with Crippen molar-refractivity contribution < 1.29 is 24.2 Å². The monoisotopic (exact) mass is 519 g/mol. The number of amides is 3. The van der Waals surface area contributed by atoms with E-state index in [-0.39, 0.29) is 5.91 Å². The second-order valence-electron chi connectivity index (χ2n) is 10.5. The number of hydrogen-bond acceptors (Lipinski definition) is 5. The molecule has 1 aromatic rings.